The summed E-state index contributed by atoms with van der Waals surface area (Å²) in [6.45, 7) is 2.44. The lowest BCUT2D eigenvalue weighted by atomic mass is 10.0. The second-order valence-corrected chi connectivity index (χ2v) is 38.9. The number of hydrogen-bond donors (Lipinski definition) is 4. The second-order valence-electron chi connectivity index (χ2n) is 36.0. The summed E-state index contributed by atoms with van der Waals surface area (Å²) in [4.78, 5) is 59.3. The van der Waals surface area contributed by atoms with E-state index in [1.807, 2.05) is 0 Å². The maximum absolute atomic E-state index is 13.2. The largest absolute Gasteiger partial charge is 0.472 e. The van der Waals surface area contributed by atoms with Crippen molar-refractivity contribution in [1.82, 2.24) is 0 Å². The summed E-state index contributed by atoms with van der Waals surface area (Å²) >= 11 is 0. The number of hydrogen-bond acceptors (Lipinski definition) is 14. The molecule has 0 bridgehead atoms. The van der Waals surface area contributed by atoms with E-state index in [0.717, 1.165) is 167 Å². The van der Waals surface area contributed by atoms with Crippen molar-refractivity contribution in [2.24, 2.45) is 0 Å². The Morgan fingerprint density at radius 1 is 0.211 bits per heavy atom. The Morgan fingerprint density at radius 3 is 0.594 bits per heavy atom. The van der Waals surface area contributed by atoms with Crippen molar-refractivity contribution in [2.45, 2.75) is 489 Å². The average Bonchev–Trinajstić information content (AvgIpc) is 0.896. The molecule has 0 aliphatic carbocycles. The molecule has 0 amide bonds. The molecule has 0 fully saturated rings. The van der Waals surface area contributed by atoms with Crippen LogP contribution in [0.15, 0.2) is 182 Å². The normalized spacial score (nSPS) is 14.3. The Hall–Kier alpha value is -5.35. The molecule has 133 heavy (non-hydrogen) atoms. The van der Waals surface area contributed by atoms with Gasteiger partial charge in [0.1, 0.15) is 25.4 Å². The van der Waals surface area contributed by atoms with E-state index in [1.54, 1.807) is 0 Å². The highest BCUT2D eigenvalue weighted by molar-refractivity contribution is 7.47. The fraction of sp³-hybridized carbons (Fsp3) is 0.713. The number of phosphoric ester groups is 2. The molecule has 0 aromatic rings. The van der Waals surface area contributed by atoms with Gasteiger partial charge in [-0.3, -0.25) is 32.5 Å². The summed E-state index contributed by atoms with van der Waals surface area (Å²) < 4.78 is 61.8. The van der Waals surface area contributed by atoms with Gasteiger partial charge in [-0.1, -0.05) is 479 Å². The molecule has 0 spiro atoms. The fourth-order valence-corrected chi connectivity index (χ4v) is 16.7. The molecule has 0 aromatic carbocycles. The van der Waals surface area contributed by atoms with E-state index in [9.17, 15) is 43.5 Å². The molecular weight excluding hydrogens is 1700 g/mol. The van der Waals surface area contributed by atoms with Crippen molar-refractivity contribution in [1.29, 1.82) is 0 Å². The lowest BCUT2D eigenvalue weighted by Crippen LogP contribution is -2.30. The molecule has 0 saturated carbocycles. The lowest BCUT2D eigenvalue weighted by molar-refractivity contribution is -0.161. The van der Waals surface area contributed by atoms with E-state index in [1.165, 1.54) is 244 Å². The van der Waals surface area contributed by atoms with Crippen molar-refractivity contribution in [3.63, 3.8) is 0 Å². The fourth-order valence-electron chi connectivity index (χ4n) is 15.1. The molecule has 0 rings (SSSR count). The van der Waals surface area contributed by atoms with Crippen LogP contribution in [0.2, 0.25) is 0 Å². The number of ether oxygens (including phenoxy) is 3. The summed E-state index contributed by atoms with van der Waals surface area (Å²) in [7, 11) is -9.82. The van der Waals surface area contributed by atoms with Gasteiger partial charge in [0, 0.05) is 19.3 Å². The maximum Gasteiger partial charge on any atom is 0.472 e. The van der Waals surface area contributed by atoms with Gasteiger partial charge in [-0.2, -0.15) is 0 Å². The predicted octanol–water partition coefficient (Wildman–Crippen LogP) is 34.7. The first-order valence-electron chi connectivity index (χ1n) is 54.1. The highest BCUT2D eigenvalue weighted by atomic mass is 31.2. The quantitative estimate of drug-likeness (QED) is 0.0146. The standard InChI is InChI=1S/C115H198O16P2/c1-4-7-10-13-16-19-22-25-28-31-34-37-40-43-46-49-52-53-54-55-58-60-62-65-68-71-74-77-80-83-86-89-92-95-98-101-113(118)125-104-110(116)105-127-132(121,122)128-106-111(117)107-129-133(123,124)130-109-112(131-115(120)103-100-97-94-91-88-85-82-79-76-73-70-67-64-61-57-51-48-45-42-39-36-33-30-27-24-21-18-15-12-9-6-3)108-126-114(119)102-99-96-93-90-87-84-81-78-75-72-69-66-63-59-56-50-47-44-41-38-35-32-29-26-23-20-17-14-11-8-5-2/h7-12,16-21,25-30,34-39,43-48,110-112,116-117H,4-6,13-15,22-24,31-33,40-42,49-109H2,1-3H3,(H,121,122)(H,123,124)/b10-7-,11-8-,12-9-,19-16-,20-17-,21-18-,28-25-,29-26-,30-27-,37-34-,38-35-,39-36-,46-43-,47-44-,48-45-. The molecule has 16 nitrogen and oxygen atoms in total. The third-order valence-electron chi connectivity index (χ3n) is 23.1. The number of aliphatic hydroxyl groups is 2. The number of esters is 3. The number of unbranched alkanes of at least 4 members (excludes halogenated alkanes) is 49. The Balaban J connectivity index is 4.58. The van der Waals surface area contributed by atoms with Gasteiger partial charge in [0.05, 0.1) is 26.4 Å². The number of carbonyl (C=O) groups is 3. The lowest BCUT2D eigenvalue weighted by Gasteiger charge is -2.21. The number of rotatable bonds is 102. The zero-order valence-corrected chi connectivity index (χ0v) is 86.7. The molecule has 764 valence electrons. The van der Waals surface area contributed by atoms with Crippen molar-refractivity contribution >= 4 is 33.6 Å². The minimum absolute atomic E-state index is 0.102. The van der Waals surface area contributed by atoms with Gasteiger partial charge in [0.2, 0.25) is 0 Å². The molecule has 4 N–H and O–H groups in total. The first-order valence-corrected chi connectivity index (χ1v) is 57.1. The predicted molar refractivity (Wildman–Crippen MR) is 565 cm³/mol. The topological polar surface area (TPSA) is 231 Å². The molecule has 0 aliphatic rings. The first-order chi connectivity index (χ1) is 65.2. The van der Waals surface area contributed by atoms with E-state index >= 15 is 0 Å². The van der Waals surface area contributed by atoms with Crippen LogP contribution in [0.5, 0.6) is 0 Å². The molecule has 0 aliphatic heterocycles. The summed E-state index contributed by atoms with van der Waals surface area (Å²) in [6.07, 6.45) is 141. The van der Waals surface area contributed by atoms with Crippen LogP contribution in [0, 0.1) is 0 Å². The first kappa shape index (κ1) is 128. The third kappa shape index (κ3) is 107. The minimum atomic E-state index is -4.95. The summed E-state index contributed by atoms with van der Waals surface area (Å²) in [5, 5.41) is 20.8. The van der Waals surface area contributed by atoms with Crippen LogP contribution < -0.4 is 0 Å². The minimum Gasteiger partial charge on any atom is -0.463 e. The maximum atomic E-state index is 13.2. The summed E-state index contributed by atoms with van der Waals surface area (Å²) in [5.41, 5.74) is 0. The van der Waals surface area contributed by atoms with Gasteiger partial charge in [-0.15, -0.1) is 0 Å². The molecule has 0 radical (unpaired) electrons. The highest BCUT2D eigenvalue weighted by Crippen LogP contribution is 2.45. The molecule has 0 saturated heterocycles. The molecule has 0 aromatic heterocycles. The van der Waals surface area contributed by atoms with Crippen molar-refractivity contribution in [2.75, 3.05) is 39.6 Å². The molecule has 18 heteroatoms. The van der Waals surface area contributed by atoms with Gasteiger partial charge in [-0.25, -0.2) is 9.13 Å². The zero-order chi connectivity index (χ0) is 96.4. The van der Waals surface area contributed by atoms with E-state index in [2.05, 4.69) is 203 Å². The smallest absolute Gasteiger partial charge is 0.463 e. The Bertz CT molecular complexity index is 3150. The van der Waals surface area contributed by atoms with E-state index in [-0.39, 0.29) is 19.3 Å². The van der Waals surface area contributed by atoms with Gasteiger partial charge in [0.15, 0.2) is 6.10 Å². The van der Waals surface area contributed by atoms with Gasteiger partial charge in [0.25, 0.3) is 0 Å². The SMILES string of the molecule is CC/C=C\C/C=C\C/C=C\C/C=C\C/C=C\CCCCCCCCCCCCCCCCCCCCCC(=O)OCC(O)COP(=O)(O)OCC(O)COP(=O)(O)OCC(COC(=O)CCCCCCCCCCCCCCCCC/C=C\C/C=C\C/C=C\C/C=C\C/C=C\CC)OC(=O)CCCCCCCCCCCCCCCCC/C=C\C/C=C\C/C=C\C/C=C\C/C=C\CC. The van der Waals surface area contributed by atoms with Crippen molar-refractivity contribution < 1.29 is 75.8 Å². The van der Waals surface area contributed by atoms with E-state index in [0.29, 0.717) is 19.3 Å². The van der Waals surface area contributed by atoms with Crippen LogP contribution in [0.3, 0.4) is 0 Å². The zero-order valence-electron chi connectivity index (χ0n) is 84.9. The third-order valence-corrected chi connectivity index (χ3v) is 25.0. The second kappa shape index (κ2) is 106. The average molecular weight is 1900 g/mol. The molecule has 0 heterocycles. The molecule has 5 atom stereocenters. The number of carbonyl (C=O) groups excluding carboxylic acids is 3. The summed E-state index contributed by atoms with van der Waals surface area (Å²) in [5.74, 6) is -1.55. The van der Waals surface area contributed by atoms with E-state index < -0.39 is 91.5 Å². The van der Waals surface area contributed by atoms with Crippen LogP contribution in [-0.2, 0) is 55.8 Å². The highest BCUT2D eigenvalue weighted by Gasteiger charge is 2.30. The molecular formula is C115H198O16P2. The van der Waals surface area contributed by atoms with Gasteiger partial charge in [-0.05, 0) is 154 Å². The van der Waals surface area contributed by atoms with E-state index in [4.69, 9.17) is 32.3 Å². The van der Waals surface area contributed by atoms with Crippen LogP contribution in [-0.4, -0.2) is 95.9 Å². The summed E-state index contributed by atoms with van der Waals surface area (Å²) in [6, 6.07) is 0. The Morgan fingerprint density at radius 2 is 0.376 bits per heavy atom. The van der Waals surface area contributed by atoms with Crippen LogP contribution in [0.1, 0.15) is 470 Å². The van der Waals surface area contributed by atoms with Crippen LogP contribution in [0.25, 0.3) is 0 Å². The number of aliphatic hydroxyl groups excluding tert-OH is 2. The van der Waals surface area contributed by atoms with Crippen LogP contribution >= 0.6 is 15.6 Å². The molecule has 5 unspecified atom stereocenters. The van der Waals surface area contributed by atoms with Gasteiger partial charge < -0.3 is 34.2 Å². The van der Waals surface area contributed by atoms with Crippen molar-refractivity contribution in [3.8, 4) is 0 Å². The number of allylic oxidation sites excluding steroid dienone is 30. The van der Waals surface area contributed by atoms with Crippen molar-refractivity contribution in [3.05, 3.63) is 182 Å². The Kier molecular flexibility index (Phi) is 101. The Labute approximate surface area is 815 Å². The number of phosphoric acid groups is 2. The van der Waals surface area contributed by atoms with Gasteiger partial charge >= 0.3 is 33.6 Å². The van der Waals surface area contributed by atoms with Crippen LogP contribution in [0.4, 0.5) is 0 Å². The monoisotopic (exact) mass is 1900 g/mol.